The number of pyridine rings is 1. The van der Waals surface area contributed by atoms with Crippen LogP contribution in [0.5, 0.6) is 0 Å². The number of amides is 2. The minimum atomic E-state index is -0.563. The number of ether oxygens (including phenoxy) is 1. The molecular weight excluding hydrogens is 356 g/mol. The van der Waals surface area contributed by atoms with Crippen LogP contribution in [0.4, 0.5) is 0 Å². The number of piperidine rings is 1. The first-order valence-corrected chi connectivity index (χ1v) is 9.40. The molecule has 7 nitrogen and oxygen atoms in total. The molecule has 1 aliphatic carbocycles. The SMILES string of the molecule is COC(C)c1ccc2c(C(N)=O)cc(CC(=O)N3[C@H](C#N)C[C@@H]4C[C@@H]43)nc2c1. The molecule has 1 saturated heterocycles. The minimum absolute atomic E-state index is 0.0433. The molecule has 2 heterocycles. The van der Waals surface area contributed by atoms with Crippen molar-refractivity contribution in [1.29, 1.82) is 5.26 Å². The van der Waals surface area contributed by atoms with Crippen molar-refractivity contribution < 1.29 is 14.3 Å². The van der Waals surface area contributed by atoms with E-state index < -0.39 is 5.91 Å². The Balaban J connectivity index is 1.69. The Morgan fingerprint density at radius 1 is 1.39 bits per heavy atom. The Hall–Kier alpha value is -2.98. The van der Waals surface area contributed by atoms with Crippen LogP contribution in [0.1, 0.15) is 47.5 Å². The maximum absolute atomic E-state index is 12.9. The van der Waals surface area contributed by atoms with Crippen molar-refractivity contribution in [2.45, 2.75) is 44.4 Å². The highest BCUT2D eigenvalue weighted by molar-refractivity contribution is 6.05. The van der Waals surface area contributed by atoms with Crippen molar-refractivity contribution in [3.05, 3.63) is 41.1 Å². The van der Waals surface area contributed by atoms with Crippen LogP contribution in [0.15, 0.2) is 24.3 Å². The zero-order valence-electron chi connectivity index (χ0n) is 15.9. The van der Waals surface area contributed by atoms with Crippen LogP contribution in [0.25, 0.3) is 10.9 Å². The molecule has 1 saturated carbocycles. The maximum Gasteiger partial charge on any atom is 0.249 e. The molecule has 2 amide bonds. The summed E-state index contributed by atoms with van der Waals surface area (Å²) < 4.78 is 5.35. The maximum atomic E-state index is 12.9. The Bertz CT molecular complexity index is 1010. The number of rotatable bonds is 5. The van der Waals surface area contributed by atoms with E-state index in [-0.39, 0.29) is 30.5 Å². The lowest BCUT2D eigenvalue weighted by atomic mass is 10.0. The summed E-state index contributed by atoms with van der Waals surface area (Å²) in [5.74, 6) is -0.232. The Labute approximate surface area is 163 Å². The molecule has 4 rings (SSSR count). The first-order chi connectivity index (χ1) is 13.4. The number of carbonyl (C=O) groups is 2. The van der Waals surface area contributed by atoms with Crippen molar-refractivity contribution in [2.75, 3.05) is 7.11 Å². The van der Waals surface area contributed by atoms with E-state index in [1.807, 2.05) is 19.1 Å². The number of benzene rings is 1. The summed E-state index contributed by atoms with van der Waals surface area (Å²) in [4.78, 5) is 31.1. The first kappa shape index (κ1) is 18.4. The van der Waals surface area contributed by atoms with Gasteiger partial charge in [-0.2, -0.15) is 5.26 Å². The van der Waals surface area contributed by atoms with Gasteiger partial charge in [0, 0.05) is 18.5 Å². The fourth-order valence-electron chi connectivity index (χ4n) is 4.16. The lowest BCUT2D eigenvalue weighted by Crippen LogP contribution is -2.38. The third kappa shape index (κ3) is 3.10. The minimum Gasteiger partial charge on any atom is -0.377 e. The van der Waals surface area contributed by atoms with Gasteiger partial charge in [-0.3, -0.25) is 14.6 Å². The van der Waals surface area contributed by atoms with E-state index in [9.17, 15) is 14.9 Å². The summed E-state index contributed by atoms with van der Waals surface area (Å²) >= 11 is 0. The number of nitrogens with zero attached hydrogens (tertiary/aromatic N) is 3. The van der Waals surface area contributed by atoms with E-state index >= 15 is 0 Å². The van der Waals surface area contributed by atoms with Gasteiger partial charge in [-0.25, -0.2) is 0 Å². The molecule has 2 fully saturated rings. The van der Waals surface area contributed by atoms with Gasteiger partial charge in [0.1, 0.15) is 6.04 Å². The fourth-order valence-corrected chi connectivity index (χ4v) is 4.16. The number of nitriles is 1. The number of hydrogen-bond acceptors (Lipinski definition) is 5. The van der Waals surface area contributed by atoms with E-state index in [2.05, 4.69) is 11.1 Å². The third-order valence-corrected chi connectivity index (χ3v) is 5.85. The summed E-state index contributed by atoms with van der Waals surface area (Å²) in [5, 5.41) is 9.97. The van der Waals surface area contributed by atoms with Crippen molar-refractivity contribution in [3.8, 4) is 6.07 Å². The van der Waals surface area contributed by atoms with Crippen molar-refractivity contribution in [2.24, 2.45) is 11.7 Å². The number of fused-ring (bicyclic) bond motifs is 2. The summed E-state index contributed by atoms with van der Waals surface area (Å²) in [6, 6.07) is 9.17. The largest absolute Gasteiger partial charge is 0.377 e. The molecule has 7 heteroatoms. The molecule has 28 heavy (non-hydrogen) atoms. The topological polar surface area (TPSA) is 109 Å². The molecule has 0 radical (unpaired) electrons. The van der Waals surface area contributed by atoms with Gasteiger partial charge in [-0.1, -0.05) is 12.1 Å². The fraction of sp³-hybridized carbons (Fsp3) is 0.429. The van der Waals surface area contributed by atoms with Gasteiger partial charge in [0.25, 0.3) is 0 Å². The summed E-state index contributed by atoms with van der Waals surface area (Å²) in [5.41, 5.74) is 7.91. The number of methoxy groups -OCH3 is 1. The molecule has 1 unspecified atom stereocenters. The van der Waals surface area contributed by atoms with Gasteiger partial charge < -0.3 is 15.4 Å². The summed E-state index contributed by atoms with van der Waals surface area (Å²) in [7, 11) is 1.62. The second kappa shape index (κ2) is 6.88. The number of hydrogen-bond donors (Lipinski definition) is 1. The lowest BCUT2D eigenvalue weighted by molar-refractivity contribution is -0.131. The Morgan fingerprint density at radius 3 is 2.86 bits per heavy atom. The lowest BCUT2D eigenvalue weighted by Gasteiger charge is -2.22. The summed E-state index contributed by atoms with van der Waals surface area (Å²) in [6.45, 7) is 1.92. The van der Waals surface area contributed by atoms with Gasteiger partial charge >= 0.3 is 0 Å². The highest BCUT2D eigenvalue weighted by atomic mass is 16.5. The third-order valence-electron chi connectivity index (χ3n) is 5.85. The quantitative estimate of drug-likeness (QED) is 0.857. The monoisotopic (exact) mass is 378 g/mol. The number of nitrogens with two attached hydrogens (primary N) is 1. The zero-order valence-corrected chi connectivity index (χ0v) is 15.9. The van der Waals surface area contributed by atoms with Gasteiger partial charge in [0.15, 0.2) is 0 Å². The van der Waals surface area contributed by atoms with Crippen LogP contribution in [-0.2, 0) is 16.0 Å². The average Bonchev–Trinajstić information content (AvgIpc) is 3.35. The van der Waals surface area contributed by atoms with Crippen molar-refractivity contribution >= 4 is 22.7 Å². The zero-order chi connectivity index (χ0) is 20.0. The molecule has 2 aromatic rings. The van der Waals surface area contributed by atoms with Gasteiger partial charge in [-0.15, -0.1) is 0 Å². The standard InChI is InChI=1S/C21H22N4O3/c1-11(28-2)12-3-4-16-17(21(23)27)8-14(24-18(16)6-12)9-20(26)25-15(10-22)5-13-7-19(13)25/h3-4,6,8,11,13,15,19H,5,7,9H2,1-2H3,(H2,23,27)/t11?,13-,15+,19+/m1/s1. The number of likely N-dealkylation sites (tertiary alicyclic amines) is 1. The number of carbonyl (C=O) groups excluding carboxylic acids is 2. The van der Waals surface area contributed by atoms with Gasteiger partial charge in [0.05, 0.1) is 35.4 Å². The molecule has 2 N–H and O–H groups in total. The first-order valence-electron chi connectivity index (χ1n) is 9.40. The smallest absolute Gasteiger partial charge is 0.249 e. The predicted octanol–water partition coefficient (Wildman–Crippen LogP) is 2.10. The van der Waals surface area contributed by atoms with Crippen LogP contribution < -0.4 is 5.73 Å². The molecule has 1 aliphatic heterocycles. The Kier molecular flexibility index (Phi) is 4.52. The molecule has 1 aromatic carbocycles. The summed E-state index contributed by atoms with van der Waals surface area (Å²) in [6.07, 6.45) is 1.64. The van der Waals surface area contributed by atoms with Crippen molar-refractivity contribution in [3.63, 3.8) is 0 Å². The van der Waals surface area contributed by atoms with Crippen LogP contribution in [0.2, 0.25) is 0 Å². The highest BCUT2D eigenvalue weighted by Crippen LogP contribution is 2.47. The average molecular weight is 378 g/mol. The number of aromatic nitrogens is 1. The van der Waals surface area contributed by atoms with Crippen LogP contribution >= 0.6 is 0 Å². The predicted molar refractivity (Wildman–Crippen MR) is 102 cm³/mol. The van der Waals surface area contributed by atoms with E-state index in [1.165, 1.54) is 0 Å². The van der Waals surface area contributed by atoms with Crippen LogP contribution in [0.3, 0.4) is 0 Å². The van der Waals surface area contributed by atoms with Gasteiger partial charge in [-0.05, 0) is 43.4 Å². The van der Waals surface area contributed by atoms with E-state index in [0.717, 1.165) is 18.4 Å². The molecular formula is C21H22N4O3. The second-order valence-corrected chi connectivity index (χ2v) is 7.60. The molecule has 0 bridgehead atoms. The molecule has 1 aromatic heterocycles. The molecule has 0 spiro atoms. The van der Waals surface area contributed by atoms with Crippen LogP contribution in [-0.4, -0.2) is 40.9 Å². The van der Waals surface area contributed by atoms with Crippen LogP contribution in [0, 0.1) is 17.2 Å². The highest BCUT2D eigenvalue weighted by Gasteiger charge is 2.53. The molecule has 2 aliphatic rings. The molecule has 144 valence electrons. The van der Waals surface area contributed by atoms with Gasteiger partial charge in [0.2, 0.25) is 11.8 Å². The number of primary amides is 1. The van der Waals surface area contributed by atoms with E-state index in [0.29, 0.717) is 28.1 Å². The van der Waals surface area contributed by atoms with E-state index in [1.54, 1.807) is 24.1 Å². The Morgan fingerprint density at radius 2 is 2.18 bits per heavy atom. The molecule has 4 atom stereocenters. The second-order valence-electron chi connectivity index (χ2n) is 7.60. The van der Waals surface area contributed by atoms with Crippen molar-refractivity contribution in [1.82, 2.24) is 9.88 Å². The normalized spacial score (nSPS) is 23.9. The van der Waals surface area contributed by atoms with E-state index in [4.69, 9.17) is 10.5 Å².